The second-order valence-corrected chi connectivity index (χ2v) is 4.42. The number of halogens is 4. The van der Waals surface area contributed by atoms with E-state index in [1.54, 1.807) is 7.05 Å². The number of alkyl halides is 3. The van der Waals surface area contributed by atoms with Crippen LogP contribution in [0.25, 0.3) is 0 Å². The molecule has 7 heteroatoms. The summed E-state index contributed by atoms with van der Waals surface area (Å²) in [5, 5.41) is 0. The molecule has 2 rings (SSSR count). The summed E-state index contributed by atoms with van der Waals surface area (Å²) >= 11 is 0. The van der Waals surface area contributed by atoms with Gasteiger partial charge in [0, 0.05) is 24.8 Å². The highest BCUT2D eigenvalue weighted by Crippen LogP contribution is 2.32. The van der Waals surface area contributed by atoms with Crippen molar-refractivity contribution in [2.24, 2.45) is 5.73 Å². The van der Waals surface area contributed by atoms with Crippen molar-refractivity contribution in [3.63, 3.8) is 0 Å². The summed E-state index contributed by atoms with van der Waals surface area (Å²) in [7, 11) is 1.55. The molecular formula is C14H13F4N3. The Morgan fingerprint density at radius 1 is 1.10 bits per heavy atom. The van der Waals surface area contributed by atoms with Crippen LogP contribution in [-0.4, -0.2) is 12.0 Å². The van der Waals surface area contributed by atoms with Crippen LogP contribution in [0, 0.1) is 5.82 Å². The van der Waals surface area contributed by atoms with Gasteiger partial charge in [-0.2, -0.15) is 13.2 Å². The normalized spacial score (nSPS) is 11.5. The molecule has 0 aliphatic rings. The van der Waals surface area contributed by atoms with Crippen molar-refractivity contribution in [2.45, 2.75) is 12.7 Å². The summed E-state index contributed by atoms with van der Waals surface area (Å²) in [6.45, 7) is 0.0476. The van der Waals surface area contributed by atoms with E-state index in [2.05, 4.69) is 4.98 Å². The van der Waals surface area contributed by atoms with E-state index in [1.807, 2.05) is 0 Å². The Hall–Kier alpha value is -2.15. The molecule has 0 unspecified atom stereocenters. The molecule has 0 amide bonds. The number of rotatable bonds is 3. The fraction of sp³-hybridized carbons (Fsp3) is 0.214. The van der Waals surface area contributed by atoms with E-state index >= 15 is 0 Å². The molecule has 0 saturated heterocycles. The van der Waals surface area contributed by atoms with Crippen LogP contribution in [-0.2, 0) is 12.7 Å². The van der Waals surface area contributed by atoms with Gasteiger partial charge in [-0.15, -0.1) is 0 Å². The SMILES string of the molecule is CN(c1ccc(F)cc1)c1nc(C(F)(F)F)ccc1CN. The maximum atomic E-state index is 12.9. The van der Waals surface area contributed by atoms with Crippen molar-refractivity contribution in [2.75, 3.05) is 11.9 Å². The Labute approximate surface area is 119 Å². The van der Waals surface area contributed by atoms with E-state index < -0.39 is 17.7 Å². The highest BCUT2D eigenvalue weighted by atomic mass is 19.4. The van der Waals surface area contributed by atoms with Crippen molar-refractivity contribution in [3.05, 3.63) is 53.5 Å². The molecule has 0 aliphatic heterocycles. The third-order valence-electron chi connectivity index (χ3n) is 3.00. The maximum absolute atomic E-state index is 12.9. The molecule has 0 saturated carbocycles. The first kappa shape index (κ1) is 15.2. The predicted octanol–water partition coefficient (Wildman–Crippen LogP) is 3.47. The minimum Gasteiger partial charge on any atom is -0.329 e. The lowest BCUT2D eigenvalue weighted by Gasteiger charge is -2.22. The van der Waals surface area contributed by atoms with Gasteiger partial charge in [-0.1, -0.05) is 6.07 Å². The first-order chi connectivity index (χ1) is 9.82. The summed E-state index contributed by atoms with van der Waals surface area (Å²) in [5.41, 5.74) is 5.52. The zero-order chi connectivity index (χ0) is 15.6. The molecule has 1 aromatic heterocycles. The van der Waals surface area contributed by atoms with Crippen LogP contribution in [0.3, 0.4) is 0 Å². The number of hydrogen-bond acceptors (Lipinski definition) is 3. The minimum atomic E-state index is -4.54. The Morgan fingerprint density at radius 2 is 1.71 bits per heavy atom. The Kier molecular flexibility index (Phi) is 4.13. The molecule has 1 heterocycles. The molecular weight excluding hydrogens is 286 g/mol. The Morgan fingerprint density at radius 3 is 2.24 bits per heavy atom. The zero-order valence-electron chi connectivity index (χ0n) is 11.2. The average Bonchev–Trinajstić information content (AvgIpc) is 2.45. The van der Waals surface area contributed by atoms with Crippen LogP contribution in [0.15, 0.2) is 36.4 Å². The molecule has 21 heavy (non-hydrogen) atoms. The Bertz CT molecular complexity index is 623. The topological polar surface area (TPSA) is 42.2 Å². The zero-order valence-corrected chi connectivity index (χ0v) is 11.2. The van der Waals surface area contributed by atoms with Gasteiger partial charge in [-0.3, -0.25) is 0 Å². The van der Waals surface area contributed by atoms with Crippen molar-refractivity contribution in [1.29, 1.82) is 0 Å². The first-order valence-electron chi connectivity index (χ1n) is 6.09. The molecule has 0 radical (unpaired) electrons. The largest absolute Gasteiger partial charge is 0.433 e. The highest BCUT2D eigenvalue weighted by Gasteiger charge is 2.33. The van der Waals surface area contributed by atoms with Crippen LogP contribution in [0.5, 0.6) is 0 Å². The quantitative estimate of drug-likeness (QED) is 0.882. The van der Waals surface area contributed by atoms with Crippen LogP contribution in [0.4, 0.5) is 29.1 Å². The maximum Gasteiger partial charge on any atom is 0.433 e. The van der Waals surface area contributed by atoms with Gasteiger partial charge >= 0.3 is 6.18 Å². The van der Waals surface area contributed by atoms with Gasteiger partial charge in [0.25, 0.3) is 0 Å². The van der Waals surface area contributed by atoms with Crippen LogP contribution < -0.4 is 10.6 Å². The van der Waals surface area contributed by atoms with Crippen molar-refractivity contribution < 1.29 is 17.6 Å². The number of pyridine rings is 1. The summed E-state index contributed by atoms with van der Waals surface area (Å²) < 4.78 is 51.2. The van der Waals surface area contributed by atoms with Crippen LogP contribution in [0.2, 0.25) is 0 Å². The molecule has 1 aromatic carbocycles. The fourth-order valence-electron chi connectivity index (χ4n) is 1.87. The summed E-state index contributed by atoms with van der Waals surface area (Å²) in [5.74, 6) is -0.331. The van der Waals surface area contributed by atoms with Gasteiger partial charge in [0.15, 0.2) is 0 Å². The van der Waals surface area contributed by atoms with Crippen molar-refractivity contribution in [3.8, 4) is 0 Å². The number of hydrogen-bond donors (Lipinski definition) is 1. The van der Waals surface area contributed by atoms with Gasteiger partial charge in [0.2, 0.25) is 0 Å². The van der Waals surface area contributed by atoms with Crippen molar-refractivity contribution in [1.82, 2.24) is 4.98 Å². The lowest BCUT2D eigenvalue weighted by atomic mass is 10.2. The van der Waals surface area contributed by atoms with E-state index in [4.69, 9.17) is 5.73 Å². The molecule has 2 N–H and O–H groups in total. The van der Waals surface area contributed by atoms with Gasteiger partial charge in [0.05, 0.1) is 0 Å². The highest BCUT2D eigenvalue weighted by molar-refractivity contribution is 5.62. The van der Waals surface area contributed by atoms with E-state index in [1.165, 1.54) is 35.2 Å². The summed E-state index contributed by atoms with van der Waals surface area (Å²) in [4.78, 5) is 5.08. The molecule has 0 atom stereocenters. The summed E-state index contributed by atoms with van der Waals surface area (Å²) in [6, 6.07) is 7.55. The van der Waals surface area contributed by atoms with Gasteiger partial charge < -0.3 is 10.6 Å². The van der Waals surface area contributed by atoms with E-state index in [0.29, 0.717) is 11.3 Å². The van der Waals surface area contributed by atoms with Gasteiger partial charge in [-0.05, 0) is 30.3 Å². The molecule has 3 nitrogen and oxygen atoms in total. The third kappa shape index (κ3) is 3.30. The number of nitrogens with zero attached hydrogens (tertiary/aromatic N) is 2. The minimum absolute atomic E-state index is 0.0476. The number of aromatic nitrogens is 1. The predicted molar refractivity (Wildman–Crippen MR) is 71.6 cm³/mol. The number of anilines is 2. The van der Waals surface area contributed by atoms with E-state index in [9.17, 15) is 17.6 Å². The van der Waals surface area contributed by atoms with Gasteiger partial charge in [0.1, 0.15) is 17.3 Å². The summed E-state index contributed by atoms with van der Waals surface area (Å²) in [6.07, 6.45) is -4.54. The molecule has 0 aliphatic carbocycles. The van der Waals surface area contributed by atoms with E-state index in [0.717, 1.165) is 6.07 Å². The fourth-order valence-corrected chi connectivity index (χ4v) is 1.87. The molecule has 0 bridgehead atoms. The molecule has 112 valence electrons. The third-order valence-corrected chi connectivity index (χ3v) is 3.00. The second kappa shape index (κ2) is 5.69. The monoisotopic (exact) mass is 299 g/mol. The smallest absolute Gasteiger partial charge is 0.329 e. The Balaban J connectivity index is 2.47. The van der Waals surface area contributed by atoms with Crippen molar-refractivity contribution >= 4 is 11.5 Å². The second-order valence-electron chi connectivity index (χ2n) is 4.42. The number of nitrogens with two attached hydrogens (primary N) is 1. The molecule has 0 fully saturated rings. The van der Waals surface area contributed by atoms with Gasteiger partial charge in [-0.25, -0.2) is 9.37 Å². The molecule has 0 spiro atoms. The van der Waals surface area contributed by atoms with Crippen LogP contribution in [0.1, 0.15) is 11.3 Å². The lowest BCUT2D eigenvalue weighted by Crippen LogP contribution is -2.18. The first-order valence-corrected chi connectivity index (χ1v) is 6.09. The van der Waals surface area contributed by atoms with E-state index in [-0.39, 0.29) is 12.4 Å². The standard InChI is InChI=1S/C14H13F4N3/c1-21(11-5-3-10(15)4-6-11)13-9(8-19)2-7-12(20-13)14(16,17)18/h2-7H,8,19H2,1H3. The lowest BCUT2D eigenvalue weighted by molar-refractivity contribution is -0.141. The molecule has 2 aromatic rings. The average molecular weight is 299 g/mol. The van der Waals surface area contributed by atoms with Crippen LogP contribution >= 0.6 is 0 Å². The number of benzene rings is 1.